The van der Waals surface area contributed by atoms with Gasteiger partial charge in [-0.15, -0.1) is 11.3 Å². The number of rotatable bonds is 3. The normalized spacial score (nSPS) is 11.8. The molecule has 2 aromatic rings. The highest BCUT2D eigenvalue weighted by Gasteiger charge is 2.24. The van der Waals surface area contributed by atoms with E-state index in [1.807, 2.05) is 24.3 Å². The third-order valence-electron chi connectivity index (χ3n) is 2.70. The maximum absolute atomic E-state index is 12.4. The lowest BCUT2D eigenvalue weighted by Gasteiger charge is -2.25. The highest BCUT2D eigenvalue weighted by Crippen LogP contribution is 2.35. The number of halogens is 1. The molecule has 0 aliphatic rings. The van der Waals surface area contributed by atoms with Gasteiger partial charge in [0.2, 0.25) is 0 Å². The van der Waals surface area contributed by atoms with Crippen LogP contribution in [0.4, 0.5) is 0 Å². The van der Waals surface area contributed by atoms with Gasteiger partial charge in [-0.2, -0.15) is 0 Å². The molecule has 0 saturated carbocycles. The quantitative estimate of drug-likeness (QED) is 0.943. The van der Waals surface area contributed by atoms with Gasteiger partial charge in [-0.3, -0.25) is 4.79 Å². The molecule has 3 nitrogen and oxygen atoms in total. The van der Waals surface area contributed by atoms with E-state index in [4.69, 9.17) is 11.6 Å². The van der Waals surface area contributed by atoms with Crippen LogP contribution in [0.25, 0.3) is 10.1 Å². The summed E-state index contributed by atoms with van der Waals surface area (Å²) in [6.45, 7) is 3.60. The summed E-state index contributed by atoms with van der Waals surface area (Å²) in [6.07, 6.45) is 0. The molecular formula is C14H16ClNO2S. The molecule has 1 amide bonds. The predicted molar refractivity (Wildman–Crippen MR) is 80.1 cm³/mol. The molecule has 0 atom stereocenters. The van der Waals surface area contributed by atoms with Crippen LogP contribution in [0.15, 0.2) is 24.3 Å². The zero-order valence-corrected chi connectivity index (χ0v) is 12.7. The molecule has 102 valence electrons. The molecule has 0 saturated heterocycles. The predicted octanol–water partition coefficient (Wildman–Crippen LogP) is 3.40. The summed E-state index contributed by atoms with van der Waals surface area (Å²) in [6, 6.07) is 7.67. The average molecular weight is 298 g/mol. The number of benzene rings is 1. The molecule has 0 unspecified atom stereocenters. The molecule has 1 N–H and O–H groups in total. The number of amides is 1. The summed E-state index contributed by atoms with van der Waals surface area (Å²) in [7, 11) is 1.67. The zero-order valence-electron chi connectivity index (χ0n) is 11.1. The molecule has 0 aliphatic carbocycles. The van der Waals surface area contributed by atoms with Crippen molar-refractivity contribution in [3.05, 3.63) is 34.2 Å². The lowest BCUT2D eigenvalue weighted by atomic mass is 10.1. The molecule has 19 heavy (non-hydrogen) atoms. The first-order valence-electron chi connectivity index (χ1n) is 5.94. The Morgan fingerprint density at radius 3 is 2.63 bits per heavy atom. The van der Waals surface area contributed by atoms with Crippen molar-refractivity contribution in [2.45, 2.75) is 19.4 Å². The number of hydrogen-bond acceptors (Lipinski definition) is 3. The molecule has 5 heteroatoms. The van der Waals surface area contributed by atoms with E-state index in [9.17, 15) is 9.90 Å². The highest BCUT2D eigenvalue weighted by molar-refractivity contribution is 7.21. The molecule has 2 rings (SSSR count). The summed E-state index contributed by atoms with van der Waals surface area (Å²) in [5, 5.41) is 11.2. The van der Waals surface area contributed by atoms with Crippen LogP contribution in [0, 0.1) is 0 Å². The van der Waals surface area contributed by atoms with Crippen LogP contribution in [0.1, 0.15) is 23.5 Å². The van der Waals surface area contributed by atoms with E-state index in [-0.39, 0.29) is 12.5 Å². The second-order valence-electron chi connectivity index (χ2n) is 5.21. The van der Waals surface area contributed by atoms with E-state index in [0.717, 1.165) is 10.1 Å². The third-order valence-corrected chi connectivity index (χ3v) is 4.36. The van der Waals surface area contributed by atoms with Gasteiger partial charge >= 0.3 is 0 Å². The van der Waals surface area contributed by atoms with E-state index in [0.29, 0.717) is 9.90 Å². The number of hydrogen-bond donors (Lipinski definition) is 1. The van der Waals surface area contributed by atoms with E-state index in [2.05, 4.69) is 0 Å². The summed E-state index contributed by atoms with van der Waals surface area (Å²) >= 11 is 7.65. The summed E-state index contributed by atoms with van der Waals surface area (Å²) in [5.74, 6) is -0.159. The second-order valence-corrected chi connectivity index (χ2v) is 6.65. The van der Waals surface area contributed by atoms with Gasteiger partial charge in [-0.25, -0.2) is 0 Å². The topological polar surface area (TPSA) is 40.5 Å². The van der Waals surface area contributed by atoms with Crippen molar-refractivity contribution < 1.29 is 9.90 Å². The minimum atomic E-state index is -0.923. The Bertz CT molecular complexity index is 615. The van der Waals surface area contributed by atoms with Crippen molar-refractivity contribution in [1.82, 2.24) is 4.90 Å². The lowest BCUT2D eigenvalue weighted by Crippen LogP contribution is -2.39. The Morgan fingerprint density at radius 1 is 1.42 bits per heavy atom. The first-order valence-corrected chi connectivity index (χ1v) is 7.14. The fraction of sp³-hybridized carbons (Fsp3) is 0.357. The summed E-state index contributed by atoms with van der Waals surface area (Å²) in [5.41, 5.74) is -0.923. The van der Waals surface area contributed by atoms with Gasteiger partial charge in [0, 0.05) is 23.7 Å². The van der Waals surface area contributed by atoms with Crippen LogP contribution in [-0.2, 0) is 0 Å². The molecule has 0 aliphatic heterocycles. The Morgan fingerprint density at radius 2 is 2.05 bits per heavy atom. The first kappa shape index (κ1) is 14.3. The van der Waals surface area contributed by atoms with Gasteiger partial charge in [0.05, 0.1) is 10.6 Å². The van der Waals surface area contributed by atoms with Gasteiger partial charge < -0.3 is 10.0 Å². The van der Waals surface area contributed by atoms with Crippen molar-refractivity contribution in [1.29, 1.82) is 0 Å². The van der Waals surface area contributed by atoms with Crippen LogP contribution in [0.5, 0.6) is 0 Å². The number of aliphatic hydroxyl groups is 1. The SMILES string of the molecule is CN(CC(C)(C)O)C(=O)c1sc2ccccc2c1Cl. The molecule has 1 heterocycles. The minimum Gasteiger partial charge on any atom is -0.389 e. The molecule has 0 fully saturated rings. The van der Waals surface area contributed by atoms with Crippen molar-refractivity contribution in [3.8, 4) is 0 Å². The van der Waals surface area contributed by atoms with Gasteiger partial charge in [0.25, 0.3) is 5.91 Å². The zero-order chi connectivity index (χ0) is 14.2. The van der Waals surface area contributed by atoms with E-state index in [1.165, 1.54) is 16.2 Å². The number of nitrogens with zero attached hydrogens (tertiary/aromatic N) is 1. The summed E-state index contributed by atoms with van der Waals surface area (Å²) in [4.78, 5) is 14.4. The third kappa shape index (κ3) is 3.08. The average Bonchev–Trinajstić information content (AvgIpc) is 2.64. The highest BCUT2D eigenvalue weighted by atomic mass is 35.5. The van der Waals surface area contributed by atoms with Crippen molar-refractivity contribution in [2.75, 3.05) is 13.6 Å². The van der Waals surface area contributed by atoms with Crippen LogP contribution in [0.3, 0.4) is 0 Å². The van der Waals surface area contributed by atoms with Crippen LogP contribution in [-0.4, -0.2) is 35.1 Å². The molecule has 0 spiro atoms. The molecule has 0 bridgehead atoms. The standard InChI is InChI=1S/C14H16ClNO2S/c1-14(2,18)8-16(3)13(17)12-11(15)9-6-4-5-7-10(9)19-12/h4-7,18H,8H2,1-3H3. The first-order chi connectivity index (χ1) is 8.79. The molecular weight excluding hydrogens is 282 g/mol. The van der Waals surface area contributed by atoms with Crippen LogP contribution < -0.4 is 0 Å². The number of carbonyl (C=O) groups excluding carboxylic acids is 1. The maximum atomic E-state index is 12.4. The number of fused-ring (bicyclic) bond motifs is 1. The van der Waals surface area contributed by atoms with E-state index >= 15 is 0 Å². The van der Waals surface area contributed by atoms with Gasteiger partial charge in [-0.05, 0) is 19.9 Å². The van der Waals surface area contributed by atoms with Gasteiger partial charge in [0.1, 0.15) is 4.88 Å². The Hall–Kier alpha value is -1.10. The van der Waals surface area contributed by atoms with Crippen molar-refractivity contribution in [3.63, 3.8) is 0 Å². The fourth-order valence-corrected chi connectivity index (χ4v) is 3.48. The van der Waals surface area contributed by atoms with Crippen LogP contribution >= 0.6 is 22.9 Å². The van der Waals surface area contributed by atoms with Gasteiger partial charge in [-0.1, -0.05) is 29.8 Å². The number of carbonyl (C=O) groups is 1. The second kappa shape index (κ2) is 5.12. The Balaban J connectivity index is 2.34. The molecule has 1 aromatic carbocycles. The van der Waals surface area contributed by atoms with Crippen LogP contribution in [0.2, 0.25) is 5.02 Å². The molecule has 1 aromatic heterocycles. The lowest BCUT2D eigenvalue weighted by molar-refractivity contribution is 0.0370. The van der Waals surface area contributed by atoms with E-state index in [1.54, 1.807) is 20.9 Å². The number of likely N-dealkylation sites (N-methyl/N-ethyl adjacent to an activating group) is 1. The smallest absolute Gasteiger partial charge is 0.265 e. The van der Waals surface area contributed by atoms with E-state index < -0.39 is 5.60 Å². The van der Waals surface area contributed by atoms with Crippen molar-refractivity contribution >= 4 is 38.9 Å². The largest absolute Gasteiger partial charge is 0.389 e. The summed E-state index contributed by atoms with van der Waals surface area (Å²) < 4.78 is 0.993. The molecule has 0 radical (unpaired) electrons. The minimum absolute atomic E-state index is 0.159. The Kier molecular flexibility index (Phi) is 3.85. The van der Waals surface area contributed by atoms with Gasteiger partial charge in [0.15, 0.2) is 0 Å². The van der Waals surface area contributed by atoms with Crippen molar-refractivity contribution in [2.24, 2.45) is 0 Å². The fourth-order valence-electron chi connectivity index (χ4n) is 1.98. The maximum Gasteiger partial charge on any atom is 0.265 e. The number of thiophene rings is 1. The Labute approximate surface area is 121 Å². The monoisotopic (exact) mass is 297 g/mol.